The second kappa shape index (κ2) is 11.3. The number of benzene rings is 4. The normalized spacial score (nSPS) is 17.1. The van der Waals surface area contributed by atoms with Gasteiger partial charge < -0.3 is 15.0 Å². The van der Waals surface area contributed by atoms with Gasteiger partial charge in [0.05, 0.1) is 23.4 Å². The van der Waals surface area contributed by atoms with E-state index >= 15 is 0 Å². The van der Waals surface area contributed by atoms with Gasteiger partial charge in [0.1, 0.15) is 5.75 Å². The number of nitrogens with zero attached hydrogens (tertiary/aromatic N) is 4. The molecule has 41 heavy (non-hydrogen) atoms. The van der Waals surface area contributed by atoms with Gasteiger partial charge in [0.2, 0.25) is 5.78 Å². The van der Waals surface area contributed by atoms with E-state index in [2.05, 4.69) is 64.8 Å². The SMILES string of the molecule is CN(C)c1ccc(CNCc2ccc(C3=NN4C(C(=O)c5ccc(C#N)cc5)Oc5ccccc5C4C3)cc2)cc1. The van der Waals surface area contributed by atoms with Crippen LogP contribution in [0.5, 0.6) is 5.75 Å². The predicted octanol–water partition coefficient (Wildman–Crippen LogP) is 5.67. The number of carbonyl (C=O) groups excluding carboxylic acids is 1. The molecule has 1 N–H and O–H groups in total. The number of ketones is 1. The lowest BCUT2D eigenvalue weighted by Crippen LogP contribution is -2.45. The minimum Gasteiger partial charge on any atom is -0.461 e. The molecule has 204 valence electrons. The van der Waals surface area contributed by atoms with Crippen molar-refractivity contribution in [3.63, 3.8) is 0 Å². The topological polar surface area (TPSA) is 81.0 Å². The van der Waals surface area contributed by atoms with E-state index in [0.29, 0.717) is 23.3 Å². The highest BCUT2D eigenvalue weighted by molar-refractivity contribution is 6.03. The van der Waals surface area contributed by atoms with E-state index in [0.717, 1.165) is 29.9 Å². The van der Waals surface area contributed by atoms with Gasteiger partial charge in [0.25, 0.3) is 6.23 Å². The van der Waals surface area contributed by atoms with Crippen LogP contribution in [0, 0.1) is 11.3 Å². The van der Waals surface area contributed by atoms with Gasteiger partial charge in [-0.2, -0.15) is 10.4 Å². The number of Topliss-reactive ketones (excluding diaryl/α,β-unsaturated/α-hetero) is 1. The monoisotopic (exact) mass is 541 g/mol. The Hall–Kier alpha value is -4.93. The number of carbonyl (C=O) groups is 1. The third-order valence-corrected chi connectivity index (χ3v) is 7.62. The molecule has 0 saturated carbocycles. The molecular weight excluding hydrogens is 510 g/mol. The Bertz CT molecular complexity index is 1620. The molecular formula is C34H31N5O2. The fourth-order valence-electron chi connectivity index (χ4n) is 5.31. The molecule has 2 unspecified atom stereocenters. The third kappa shape index (κ3) is 5.43. The van der Waals surface area contributed by atoms with Crippen LogP contribution in [-0.4, -0.2) is 36.8 Å². The lowest BCUT2D eigenvalue weighted by molar-refractivity contribution is -0.00455. The highest BCUT2D eigenvalue weighted by Crippen LogP contribution is 2.43. The van der Waals surface area contributed by atoms with Crippen LogP contribution in [0.4, 0.5) is 5.69 Å². The minimum atomic E-state index is -0.879. The first kappa shape index (κ1) is 26.3. The molecule has 0 aromatic heterocycles. The van der Waals surface area contributed by atoms with Gasteiger partial charge in [-0.15, -0.1) is 0 Å². The maximum absolute atomic E-state index is 13.6. The van der Waals surface area contributed by atoms with Gasteiger partial charge in [0.15, 0.2) is 0 Å². The molecule has 2 heterocycles. The maximum atomic E-state index is 13.6. The first-order chi connectivity index (χ1) is 20.0. The first-order valence-electron chi connectivity index (χ1n) is 13.7. The molecule has 0 spiro atoms. The molecule has 0 radical (unpaired) electrons. The number of hydrogen-bond acceptors (Lipinski definition) is 7. The summed E-state index contributed by atoms with van der Waals surface area (Å²) in [6.45, 7) is 1.56. The second-order valence-corrected chi connectivity index (χ2v) is 10.6. The summed E-state index contributed by atoms with van der Waals surface area (Å²) >= 11 is 0. The lowest BCUT2D eigenvalue weighted by atomic mass is 9.95. The van der Waals surface area contributed by atoms with Crippen LogP contribution >= 0.6 is 0 Å². The molecule has 2 aliphatic heterocycles. The van der Waals surface area contributed by atoms with Crippen LogP contribution in [0.15, 0.2) is 102 Å². The quantitative estimate of drug-likeness (QED) is 0.290. The van der Waals surface area contributed by atoms with E-state index < -0.39 is 6.23 Å². The number of para-hydroxylation sites is 1. The average Bonchev–Trinajstić information content (AvgIpc) is 3.47. The van der Waals surface area contributed by atoms with Crippen molar-refractivity contribution in [2.24, 2.45) is 5.10 Å². The summed E-state index contributed by atoms with van der Waals surface area (Å²) in [6, 6.07) is 33.5. The van der Waals surface area contributed by atoms with Crippen LogP contribution in [-0.2, 0) is 13.1 Å². The van der Waals surface area contributed by atoms with Crippen molar-refractivity contribution in [3.05, 3.63) is 130 Å². The predicted molar refractivity (Wildman–Crippen MR) is 160 cm³/mol. The summed E-state index contributed by atoms with van der Waals surface area (Å²) in [7, 11) is 4.09. The largest absolute Gasteiger partial charge is 0.461 e. The highest BCUT2D eigenvalue weighted by Gasteiger charge is 2.43. The number of rotatable bonds is 8. The second-order valence-electron chi connectivity index (χ2n) is 10.6. The summed E-state index contributed by atoms with van der Waals surface area (Å²) in [6.07, 6.45) is -0.200. The van der Waals surface area contributed by atoms with E-state index in [-0.39, 0.29) is 11.8 Å². The highest BCUT2D eigenvalue weighted by atomic mass is 16.5. The van der Waals surface area contributed by atoms with Crippen LogP contribution in [0.3, 0.4) is 0 Å². The van der Waals surface area contributed by atoms with Crippen molar-refractivity contribution in [1.29, 1.82) is 5.26 Å². The molecule has 7 heteroatoms. The van der Waals surface area contributed by atoms with E-state index in [4.69, 9.17) is 15.1 Å². The number of hydrazone groups is 1. The van der Waals surface area contributed by atoms with E-state index in [1.54, 1.807) is 29.3 Å². The van der Waals surface area contributed by atoms with Crippen molar-refractivity contribution in [2.45, 2.75) is 31.8 Å². The van der Waals surface area contributed by atoms with Crippen molar-refractivity contribution in [3.8, 4) is 11.8 Å². The number of hydrogen-bond donors (Lipinski definition) is 1. The average molecular weight is 542 g/mol. The van der Waals surface area contributed by atoms with E-state index in [1.807, 2.05) is 38.4 Å². The molecule has 0 aliphatic carbocycles. The molecule has 2 aliphatic rings. The van der Waals surface area contributed by atoms with Crippen molar-refractivity contribution in [2.75, 3.05) is 19.0 Å². The lowest BCUT2D eigenvalue weighted by Gasteiger charge is -2.37. The Kier molecular flexibility index (Phi) is 7.24. The smallest absolute Gasteiger partial charge is 0.251 e. The van der Waals surface area contributed by atoms with E-state index in [1.165, 1.54) is 16.8 Å². The minimum absolute atomic E-state index is 0.0949. The fourth-order valence-corrected chi connectivity index (χ4v) is 5.31. The van der Waals surface area contributed by atoms with Gasteiger partial charge in [0, 0.05) is 50.4 Å². The number of nitriles is 1. The van der Waals surface area contributed by atoms with Crippen LogP contribution in [0.1, 0.15) is 50.6 Å². The molecule has 0 amide bonds. The molecule has 6 rings (SSSR count). The first-order valence-corrected chi connectivity index (χ1v) is 13.7. The molecule has 0 saturated heterocycles. The zero-order valence-electron chi connectivity index (χ0n) is 23.1. The molecule has 4 aromatic rings. The van der Waals surface area contributed by atoms with Crippen molar-refractivity contribution in [1.82, 2.24) is 10.3 Å². The zero-order chi connectivity index (χ0) is 28.3. The van der Waals surface area contributed by atoms with E-state index in [9.17, 15) is 4.79 Å². The molecule has 2 atom stereocenters. The Morgan fingerprint density at radius 1 is 0.951 bits per heavy atom. The van der Waals surface area contributed by atoms with Crippen LogP contribution in [0.25, 0.3) is 0 Å². The number of anilines is 1. The summed E-state index contributed by atoms with van der Waals surface area (Å²) in [5.41, 5.74) is 7.60. The van der Waals surface area contributed by atoms with Crippen LogP contribution < -0.4 is 15.0 Å². The zero-order valence-corrected chi connectivity index (χ0v) is 23.1. The van der Waals surface area contributed by atoms with Gasteiger partial charge >= 0.3 is 0 Å². The molecule has 0 fully saturated rings. The Labute approximate surface area is 240 Å². The Balaban J connectivity index is 1.17. The van der Waals surface area contributed by atoms with Gasteiger partial charge in [-0.3, -0.25) is 4.79 Å². The molecule has 4 aromatic carbocycles. The fraction of sp³-hybridized carbons (Fsp3) is 0.206. The van der Waals surface area contributed by atoms with Crippen molar-refractivity contribution >= 4 is 17.2 Å². The van der Waals surface area contributed by atoms with Gasteiger partial charge in [-0.1, -0.05) is 54.6 Å². The Morgan fingerprint density at radius 2 is 1.61 bits per heavy atom. The molecule has 0 bridgehead atoms. The number of nitrogens with one attached hydrogen (secondary N) is 1. The van der Waals surface area contributed by atoms with Gasteiger partial charge in [-0.25, -0.2) is 5.01 Å². The third-order valence-electron chi connectivity index (χ3n) is 7.62. The van der Waals surface area contributed by atoms with Crippen LogP contribution in [0.2, 0.25) is 0 Å². The van der Waals surface area contributed by atoms with Crippen molar-refractivity contribution < 1.29 is 9.53 Å². The summed E-state index contributed by atoms with van der Waals surface area (Å²) < 4.78 is 6.21. The number of ether oxygens (including phenoxy) is 1. The summed E-state index contributed by atoms with van der Waals surface area (Å²) in [5, 5.41) is 19.4. The standard InChI is InChI=1S/C34H31N5O2/c1-38(2)28-17-11-25(12-18-28)22-36-21-24-9-13-26(14-10-24)30-19-31-29-5-3-4-6-32(29)41-34(39(31)37-30)33(40)27-15-7-23(20-35)8-16-27/h3-18,31,34,36H,19,21-22H2,1-2H3. The van der Waals surface area contributed by atoms with Gasteiger partial charge in [-0.05, 0) is 59.2 Å². The Morgan fingerprint density at radius 3 is 2.27 bits per heavy atom. The summed E-state index contributed by atoms with van der Waals surface area (Å²) in [5.74, 6) is 0.520. The molecule has 7 nitrogen and oxygen atoms in total. The maximum Gasteiger partial charge on any atom is 0.251 e. The number of fused-ring (bicyclic) bond motifs is 3. The summed E-state index contributed by atoms with van der Waals surface area (Å²) in [4.78, 5) is 15.7.